The number of piperazine rings is 1. The van der Waals surface area contributed by atoms with Crippen molar-refractivity contribution in [1.29, 1.82) is 0 Å². The van der Waals surface area contributed by atoms with E-state index in [0.717, 1.165) is 19.6 Å². The molecule has 1 unspecified atom stereocenters. The second kappa shape index (κ2) is 5.37. The molecule has 0 radical (unpaired) electrons. The SMILES string of the molecule is CCC1CNC(C)(C)CN1Cc1ncccc1C. The van der Waals surface area contributed by atoms with Gasteiger partial charge in [0.1, 0.15) is 0 Å². The first-order valence-electron chi connectivity index (χ1n) is 6.91. The van der Waals surface area contributed by atoms with Crippen molar-refractivity contribution in [3.63, 3.8) is 0 Å². The van der Waals surface area contributed by atoms with Crippen LogP contribution in [-0.4, -0.2) is 34.6 Å². The molecule has 0 aromatic carbocycles. The normalized spacial score (nSPS) is 24.1. The molecule has 1 N–H and O–H groups in total. The lowest BCUT2D eigenvalue weighted by Gasteiger charge is -2.44. The standard InChI is InChI=1S/C15H25N3/c1-5-13-9-17-15(3,4)11-18(13)10-14-12(2)7-6-8-16-14/h6-8,13,17H,5,9-11H2,1-4H3. The van der Waals surface area contributed by atoms with E-state index in [9.17, 15) is 0 Å². The summed E-state index contributed by atoms with van der Waals surface area (Å²) in [7, 11) is 0. The van der Waals surface area contributed by atoms with Crippen molar-refractivity contribution >= 4 is 0 Å². The summed E-state index contributed by atoms with van der Waals surface area (Å²) in [6.07, 6.45) is 3.09. The lowest BCUT2D eigenvalue weighted by Crippen LogP contribution is -2.61. The number of rotatable bonds is 3. The zero-order valence-electron chi connectivity index (χ0n) is 12.0. The van der Waals surface area contributed by atoms with E-state index in [1.54, 1.807) is 0 Å². The van der Waals surface area contributed by atoms with E-state index in [1.807, 2.05) is 12.3 Å². The minimum atomic E-state index is 0.203. The number of aromatic nitrogens is 1. The van der Waals surface area contributed by atoms with Gasteiger partial charge >= 0.3 is 0 Å². The van der Waals surface area contributed by atoms with Crippen molar-refractivity contribution < 1.29 is 0 Å². The number of pyridine rings is 1. The van der Waals surface area contributed by atoms with Gasteiger partial charge in [0.15, 0.2) is 0 Å². The highest BCUT2D eigenvalue weighted by Gasteiger charge is 2.31. The number of aryl methyl sites for hydroxylation is 1. The van der Waals surface area contributed by atoms with Crippen molar-refractivity contribution in [2.24, 2.45) is 0 Å². The quantitative estimate of drug-likeness (QED) is 0.888. The lowest BCUT2D eigenvalue weighted by molar-refractivity contribution is 0.0845. The topological polar surface area (TPSA) is 28.2 Å². The Morgan fingerprint density at radius 1 is 1.50 bits per heavy atom. The molecular formula is C15H25N3. The largest absolute Gasteiger partial charge is 0.309 e. The van der Waals surface area contributed by atoms with Crippen LogP contribution in [0, 0.1) is 6.92 Å². The molecule has 3 nitrogen and oxygen atoms in total. The van der Waals surface area contributed by atoms with Crippen LogP contribution in [0.1, 0.15) is 38.4 Å². The third-order valence-corrected chi connectivity index (χ3v) is 3.87. The van der Waals surface area contributed by atoms with Gasteiger partial charge < -0.3 is 5.32 Å². The van der Waals surface area contributed by atoms with E-state index in [4.69, 9.17) is 0 Å². The van der Waals surface area contributed by atoms with E-state index >= 15 is 0 Å². The second-order valence-corrected chi connectivity index (χ2v) is 6.00. The number of nitrogens with one attached hydrogen (secondary N) is 1. The highest BCUT2D eigenvalue weighted by Crippen LogP contribution is 2.20. The van der Waals surface area contributed by atoms with Crippen LogP contribution < -0.4 is 5.32 Å². The fourth-order valence-electron chi connectivity index (χ4n) is 2.68. The highest BCUT2D eigenvalue weighted by atomic mass is 15.2. The van der Waals surface area contributed by atoms with Crippen molar-refractivity contribution in [2.45, 2.75) is 52.2 Å². The fourth-order valence-corrected chi connectivity index (χ4v) is 2.68. The number of hydrogen-bond donors (Lipinski definition) is 1. The molecule has 100 valence electrons. The summed E-state index contributed by atoms with van der Waals surface area (Å²) in [4.78, 5) is 7.10. The van der Waals surface area contributed by atoms with Gasteiger partial charge in [0.05, 0.1) is 5.69 Å². The molecule has 1 aliphatic heterocycles. The first-order valence-corrected chi connectivity index (χ1v) is 6.91. The fraction of sp³-hybridized carbons (Fsp3) is 0.667. The molecule has 2 heterocycles. The maximum absolute atomic E-state index is 4.53. The molecule has 1 aromatic rings. The van der Waals surface area contributed by atoms with Gasteiger partial charge in [-0.3, -0.25) is 9.88 Å². The minimum absolute atomic E-state index is 0.203. The maximum atomic E-state index is 4.53. The van der Waals surface area contributed by atoms with Gasteiger partial charge in [-0.15, -0.1) is 0 Å². The second-order valence-electron chi connectivity index (χ2n) is 6.00. The molecule has 2 rings (SSSR count). The van der Waals surface area contributed by atoms with Crippen molar-refractivity contribution in [3.05, 3.63) is 29.6 Å². The molecule has 1 saturated heterocycles. The van der Waals surface area contributed by atoms with E-state index in [2.05, 4.69) is 49.0 Å². The lowest BCUT2D eigenvalue weighted by atomic mass is 9.97. The summed E-state index contributed by atoms with van der Waals surface area (Å²) in [5, 5.41) is 3.63. The summed E-state index contributed by atoms with van der Waals surface area (Å²) in [6, 6.07) is 4.79. The summed E-state index contributed by atoms with van der Waals surface area (Å²) in [5.74, 6) is 0. The van der Waals surface area contributed by atoms with Crippen molar-refractivity contribution in [1.82, 2.24) is 15.2 Å². The zero-order chi connectivity index (χ0) is 13.2. The monoisotopic (exact) mass is 247 g/mol. The maximum Gasteiger partial charge on any atom is 0.0573 e. The molecular weight excluding hydrogens is 222 g/mol. The van der Waals surface area contributed by atoms with Gasteiger partial charge in [0, 0.05) is 37.4 Å². The van der Waals surface area contributed by atoms with E-state index in [-0.39, 0.29) is 5.54 Å². The predicted molar refractivity (Wildman–Crippen MR) is 75.5 cm³/mol. The average molecular weight is 247 g/mol. The van der Waals surface area contributed by atoms with Crippen molar-refractivity contribution in [3.8, 4) is 0 Å². The van der Waals surface area contributed by atoms with Crippen LogP contribution >= 0.6 is 0 Å². The smallest absolute Gasteiger partial charge is 0.0573 e. The Labute approximate surface area is 111 Å². The molecule has 0 amide bonds. The average Bonchev–Trinajstić information content (AvgIpc) is 2.31. The van der Waals surface area contributed by atoms with E-state index in [0.29, 0.717) is 6.04 Å². The van der Waals surface area contributed by atoms with Crippen molar-refractivity contribution in [2.75, 3.05) is 13.1 Å². The Balaban J connectivity index is 2.12. The van der Waals surface area contributed by atoms with Crippen LogP contribution in [0.5, 0.6) is 0 Å². The Morgan fingerprint density at radius 2 is 2.28 bits per heavy atom. The van der Waals surface area contributed by atoms with Gasteiger partial charge in [-0.1, -0.05) is 13.0 Å². The van der Waals surface area contributed by atoms with Gasteiger partial charge in [-0.25, -0.2) is 0 Å². The zero-order valence-corrected chi connectivity index (χ0v) is 12.0. The van der Waals surface area contributed by atoms with Crippen LogP contribution in [0.4, 0.5) is 0 Å². The van der Waals surface area contributed by atoms with E-state index in [1.165, 1.54) is 17.7 Å². The molecule has 1 aromatic heterocycles. The predicted octanol–water partition coefficient (Wildman–Crippen LogP) is 2.35. The molecule has 3 heteroatoms. The molecule has 18 heavy (non-hydrogen) atoms. The van der Waals surface area contributed by atoms with Gasteiger partial charge in [0.2, 0.25) is 0 Å². The third-order valence-electron chi connectivity index (χ3n) is 3.87. The first kappa shape index (κ1) is 13.5. The number of hydrogen-bond acceptors (Lipinski definition) is 3. The van der Waals surface area contributed by atoms with Crippen LogP contribution in [0.2, 0.25) is 0 Å². The van der Waals surface area contributed by atoms with E-state index < -0.39 is 0 Å². The summed E-state index contributed by atoms with van der Waals surface area (Å²) < 4.78 is 0. The van der Waals surface area contributed by atoms with Gasteiger partial charge in [-0.05, 0) is 38.8 Å². The Hall–Kier alpha value is -0.930. The molecule has 1 fully saturated rings. The molecule has 0 saturated carbocycles. The molecule has 1 aliphatic rings. The Kier molecular flexibility index (Phi) is 4.03. The molecule has 0 bridgehead atoms. The number of nitrogens with zero attached hydrogens (tertiary/aromatic N) is 2. The Morgan fingerprint density at radius 3 is 2.94 bits per heavy atom. The summed E-state index contributed by atoms with van der Waals surface area (Å²) in [6.45, 7) is 12.1. The summed E-state index contributed by atoms with van der Waals surface area (Å²) in [5.41, 5.74) is 2.71. The minimum Gasteiger partial charge on any atom is -0.309 e. The Bertz CT molecular complexity index is 400. The summed E-state index contributed by atoms with van der Waals surface area (Å²) >= 11 is 0. The van der Waals surface area contributed by atoms with Crippen LogP contribution in [0.15, 0.2) is 18.3 Å². The van der Waals surface area contributed by atoms with Crippen LogP contribution in [0.3, 0.4) is 0 Å². The van der Waals surface area contributed by atoms with Crippen LogP contribution in [-0.2, 0) is 6.54 Å². The van der Waals surface area contributed by atoms with Crippen LogP contribution in [0.25, 0.3) is 0 Å². The molecule has 0 aliphatic carbocycles. The third kappa shape index (κ3) is 3.09. The van der Waals surface area contributed by atoms with Gasteiger partial charge in [0.25, 0.3) is 0 Å². The first-order chi connectivity index (χ1) is 8.52. The molecule has 1 atom stereocenters. The molecule has 0 spiro atoms. The highest BCUT2D eigenvalue weighted by molar-refractivity contribution is 5.17. The van der Waals surface area contributed by atoms with Gasteiger partial charge in [-0.2, -0.15) is 0 Å².